The summed E-state index contributed by atoms with van der Waals surface area (Å²) in [6, 6.07) is 0.912. The van der Waals surface area contributed by atoms with Crippen LogP contribution in [0.5, 0.6) is 0 Å². The maximum atomic E-state index is 9.32. The number of nitriles is 1. The van der Waals surface area contributed by atoms with Crippen LogP contribution in [-0.2, 0) is 0 Å². The molecule has 2 aliphatic heterocycles. The van der Waals surface area contributed by atoms with E-state index in [-0.39, 0.29) is 49.2 Å². The maximum Gasteiger partial charge on any atom is 0.162 e. The maximum absolute atomic E-state index is 9.32. The summed E-state index contributed by atoms with van der Waals surface area (Å²) in [6.07, 6.45) is -2.96. The zero-order valence-corrected chi connectivity index (χ0v) is 12.1. The van der Waals surface area contributed by atoms with Crippen molar-refractivity contribution in [3.63, 3.8) is 0 Å². The summed E-state index contributed by atoms with van der Waals surface area (Å²) in [7, 11) is 0. The minimum absolute atomic E-state index is 0.0734. The van der Waals surface area contributed by atoms with Gasteiger partial charge >= 0.3 is 0 Å². The molecular formula is C17H18N6. The van der Waals surface area contributed by atoms with Gasteiger partial charge in [0.1, 0.15) is 1.37 Å². The fraction of sp³-hybridized carbons (Fsp3) is 0.412. The van der Waals surface area contributed by atoms with Crippen LogP contribution < -0.4 is 0 Å². The molecule has 0 aromatic carbocycles. The average Bonchev–Trinajstić information content (AvgIpc) is 3.27. The first-order valence-electron chi connectivity index (χ1n) is 11.1. The molecule has 6 heteroatoms. The van der Waals surface area contributed by atoms with Crippen LogP contribution in [0.15, 0.2) is 30.9 Å². The van der Waals surface area contributed by atoms with Crippen LogP contribution >= 0.6 is 0 Å². The Bertz CT molecular complexity index is 1150. The number of fused-ring (bicyclic) bond motifs is 1. The molecule has 0 amide bonds. The standard InChI is InChI=1S/C17H18N6/c18-7-5-15(12-3-1-2-4-12)23-10-13(9-22-23)16-14-6-8-19-17(14)21-11-20-16/h6,8-12,15H,1-5H2,(H,19,20,21)/t15-/m1/s1/i1D2,2D2,6D,8D,11D,12D. The van der Waals surface area contributed by atoms with Crippen molar-refractivity contribution in [3.05, 3.63) is 30.9 Å². The van der Waals surface area contributed by atoms with Crippen LogP contribution in [-0.4, -0.2) is 24.7 Å². The molecule has 0 bridgehead atoms. The molecule has 0 saturated heterocycles. The highest BCUT2D eigenvalue weighted by atomic mass is 15.3. The minimum atomic E-state index is -2.21. The second-order valence-electron chi connectivity index (χ2n) is 5.22. The van der Waals surface area contributed by atoms with Crippen molar-refractivity contribution in [2.24, 2.45) is 5.89 Å². The summed E-state index contributed by atoms with van der Waals surface area (Å²) < 4.78 is 65.8. The molecule has 1 aromatic rings. The molecule has 3 aliphatic rings. The molecule has 6 nitrogen and oxygen atoms in total. The Morgan fingerprint density at radius 3 is 3.22 bits per heavy atom. The van der Waals surface area contributed by atoms with Crippen LogP contribution in [0.1, 0.15) is 49.0 Å². The van der Waals surface area contributed by atoms with E-state index in [9.17, 15) is 5.26 Å². The average molecular weight is 314 g/mol. The highest BCUT2D eigenvalue weighted by Crippen LogP contribution is 2.37. The minimum Gasteiger partial charge on any atom is -0.345 e. The molecule has 1 fully saturated rings. The third-order valence-corrected chi connectivity index (χ3v) is 3.88. The van der Waals surface area contributed by atoms with Gasteiger partial charge in [-0.2, -0.15) is 10.4 Å². The zero-order valence-electron chi connectivity index (χ0n) is 20.1. The Morgan fingerprint density at radius 2 is 2.39 bits per heavy atom. The summed E-state index contributed by atoms with van der Waals surface area (Å²) in [5.74, 6) is -1.52. The number of nitrogens with zero attached hydrogens (tertiary/aromatic N) is 5. The van der Waals surface area contributed by atoms with Gasteiger partial charge in [0.25, 0.3) is 0 Å². The van der Waals surface area contributed by atoms with Crippen LogP contribution in [0.3, 0.4) is 0 Å². The Balaban J connectivity index is 1.78. The number of aromatic nitrogens is 5. The third kappa shape index (κ3) is 2.48. The van der Waals surface area contributed by atoms with E-state index < -0.39 is 24.7 Å². The Hall–Kier alpha value is -2.68. The Kier molecular flexibility index (Phi) is 1.96. The van der Waals surface area contributed by atoms with E-state index in [4.69, 9.17) is 11.0 Å². The SMILES string of the molecule is [2H]c1nc2nc([2H])c([2H])c-2c(-c2cnn([C@H](CC#N)C3([2H])CC([2H])([2H])C([2H])([2H])C3)c2)[nH]1. The summed E-state index contributed by atoms with van der Waals surface area (Å²) >= 11 is 0. The fourth-order valence-corrected chi connectivity index (χ4v) is 2.72. The van der Waals surface area contributed by atoms with Crippen molar-refractivity contribution in [2.75, 3.05) is 0 Å². The number of H-pyrrole nitrogens is 1. The summed E-state index contributed by atoms with van der Waals surface area (Å²) in [5.41, 5.74) is 0.952. The van der Waals surface area contributed by atoms with Gasteiger partial charge in [0, 0.05) is 30.4 Å². The number of hydrogen-bond acceptors (Lipinski definition) is 4. The monoisotopic (exact) mass is 314 g/mol. The van der Waals surface area contributed by atoms with E-state index in [1.807, 2.05) is 6.07 Å². The normalized spacial score (nSPS) is 27.4. The number of rotatable bonds is 4. The second kappa shape index (κ2) is 5.84. The lowest BCUT2D eigenvalue weighted by atomic mass is 9.96. The second-order valence-corrected chi connectivity index (χ2v) is 5.22. The van der Waals surface area contributed by atoms with Crippen molar-refractivity contribution in [2.45, 2.75) is 38.1 Å². The lowest BCUT2D eigenvalue weighted by Gasteiger charge is -2.21. The Morgan fingerprint density at radius 1 is 1.52 bits per heavy atom. The van der Waals surface area contributed by atoms with Crippen LogP contribution in [0.25, 0.3) is 22.6 Å². The summed E-state index contributed by atoms with van der Waals surface area (Å²) in [4.78, 5) is 10.5. The van der Waals surface area contributed by atoms with Gasteiger partial charge in [0.2, 0.25) is 0 Å². The zero-order chi connectivity index (χ0) is 22.8. The molecule has 116 valence electrons. The van der Waals surface area contributed by atoms with Gasteiger partial charge in [-0.15, -0.1) is 0 Å². The lowest BCUT2D eigenvalue weighted by molar-refractivity contribution is 0.315. The van der Waals surface area contributed by atoms with Gasteiger partial charge < -0.3 is 4.98 Å². The van der Waals surface area contributed by atoms with Gasteiger partial charge in [0.05, 0.1) is 39.5 Å². The van der Waals surface area contributed by atoms with Crippen molar-refractivity contribution >= 4 is 0 Å². The van der Waals surface area contributed by atoms with E-state index in [0.717, 1.165) is 0 Å². The quantitative estimate of drug-likeness (QED) is 0.799. The largest absolute Gasteiger partial charge is 0.345 e. The molecular weight excluding hydrogens is 288 g/mol. The fourth-order valence-electron chi connectivity index (χ4n) is 2.72. The van der Waals surface area contributed by atoms with E-state index in [1.165, 1.54) is 17.1 Å². The first kappa shape index (κ1) is 7.73. The van der Waals surface area contributed by atoms with Crippen molar-refractivity contribution in [3.8, 4) is 28.7 Å². The molecule has 3 heterocycles. The van der Waals surface area contributed by atoms with E-state index in [1.54, 1.807) is 0 Å². The summed E-state index contributed by atoms with van der Waals surface area (Å²) in [6.45, 7) is 0. The van der Waals surface area contributed by atoms with Crippen molar-refractivity contribution in [1.29, 1.82) is 5.26 Å². The molecule has 1 N–H and O–H groups in total. The van der Waals surface area contributed by atoms with E-state index in [0.29, 0.717) is 11.3 Å². The lowest BCUT2D eigenvalue weighted by Crippen LogP contribution is -2.17. The van der Waals surface area contributed by atoms with Crippen LogP contribution in [0, 0.1) is 17.2 Å². The number of nitrogens with one attached hydrogen (secondary N) is 1. The predicted molar refractivity (Wildman–Crippen MR) is 85.5 cm³/mol. The first-order chi connectivity index (χ1) is 14.4. The molecule has 0 spiro atoms. The molecule has 0 radical (unpaired) electrons. The molecule has 1 aliphatic carbocycles. The smallest absolute Gasteiger partial charge is 0.162 e. The summed E-state index contributed by atoms with van der Waals surface area (Å²) in [5, 5.41) is 13.6. The molecule has 0 unspecified atom stereocenters. The molecule has 1 saturated carbocycles. The topological polar surface area (TPSA) is 83.2 Å². The number of hydrogen-bond donors (Lipinski definition) is 1. The highest BCUT2D eigenvalue weighted by molar-refractivity contribution is 5.77. The van der Waals surface area contributed by atoms with Gasteiger partial charge in [-0.3, -0.25) is 4.68 Å². The van der Waals surface area contributed by atoms with E-state index >= 15 is 0 Å². The molecule has 1 atom stereocenters. The molecule has 4 rings (SSSR count). The Labute approximate surface area is 145 Å². The van der Waals surface area contributed by atoms with Gasteiger partial charge in [-0.25, -0.2) is 9.97 Å². The molecule has 1 aromatic heterocycles. The van der Waals surface area contributed by atoms with Gasteiger partial charge in [-0.1, -0.05) is 12.7 Å². The van der Waals surface area contributed by atoms with Gasteiger partial charge in [-0.05, 0) is 24.8 Å². The van der Waals surface area contributed by atoms with Crippen molar-refractivity contribution < 1.29 is 11.0 Å². The predicted octanol–water partition coefficient (Wildman–Crippen LogP) is 3.42. The molecule has 23 heavy (non-hydrogen) atoms. The third-order valence-electron chi connectivity index (χ3n) is 3.88. The van der Waals surface area contributed by atoms with Crippen molar-refractivity contribution in [1.82, 2.24) is 24.7 Å². The van der Waals surface area contributed by atoms with Crippen LogP contribution in [0.4, 0.5) is 0 Å². The first-order valence-corrected chi connectivity index (χ1v) is 7.13. The highest BCUT2D eigenvalue weighted by Gasteiger charge is 2.27. The van der Waals surface area contributed by atoms with Crippen LogP contribution in [0.2, 0.25) is 0 Å². The number of aromatic amines is 1. The van der Waals surface area contributed by atoms with E-state index in [2.05, 4.69) is 20.1 Å². The van der Waals surface area contributed by atoms with Gasteiger partial charge in [0.15, 0.2) is 5.82 Å².